The summed E-state index contributed by atoms with van der Waals surface area (Å²) in [5, 5.41) is 0. The number of rotatable bonds is 3. The van der Waals surface area contributed by atoms with Gasteiger partial charge >= 0.3 is 6.03 Å². The highest BCUT2D eigenvalue weighted by Gasteiger charge is 2.42. The second-order valence-electron chi connectivity index (χ2n) is 4.68. The molecule has 0 unspecified atom stereocenters. The number of amides is 4. The molecule has 1 heterocycles. The first kappa shape index (κ1) is 14.6. The molecule has 0 atom stereocenters. The van der Waals surface area contributed by atoms with Gasteiger partial charge in [-0.1, -0.05) is 12.1 Å². The van der Waals surface area contributed by atoms with Gasteiger partial charge in [0.25, 0.3) is 0 Å². The molecule has 1 aromatic carbocycles. The van der Waals surface area contributed by atoms with E-state index in [1.54, 1.807) is 11.8 Å². The molecule has 0 aromatic heterocycles. The summed E-state index contributed by atoms with van der Waals surface area (Å²) in [4.78, 5) is 38.9. The lowest BCUT2D eigenvalue weighted by atomic mass is 9.95. The highest BCUT2D eigenvalue weighted by atomic mass is 32.2. The molecule has 106 valence electrons. The number of hydrogen-bond donors (Lipinski definition) is 0. The van der Waals surface area contributed by atoms with Crippen molar-refractivity contribution in [1.29, 1.82) is 0 Å². The molecule has 0 saturated carbocycles. The SMILES string of the molecule is CSc1ccc(CC2C(=O)N(C)C(=O)N(C)C2=O)cc1. The average molecular weight is 292 g/mol. The Balaban J connectivity index is 2.20. The third-order valence-corrected chi connectivity index (χ3v) is 4.17. The van der Waals surface area contributed by atoms with Crippen LogP contribution in [-0.4, -0.2) is 48.0 Å². The minimum absolute atomic E-state index is 0.314. The van der Waals surface area contributed by atoms with E-state index in [9.17, 15) is 14.4 Å². The van der Waals surface area contributed by atoms with Gasteiger partial charge < -0.3 is 0 Å². The van der Waals surface area contributed by atoms with E-state index in [1.165, 1.54) is 14.1 Å². The molecule has 5 nitrogen and oxygen atoms in total. The lowest BCUT2D eigenvalue weighted by Crippen LogP contribution is -2.57. The Hall–Kier alpha value is -1.82. The number of hydrogen-bond acceptors (Lipinski definition) is 4. The van der Waals surface area contributed by atoms with Crippen molar-refractivity contribution in [3.8, 4) is 0 Å². The Bertz CT molecular complexity index is 532. The minimum Gasteiger partial charge on any atom is -0.273 e. The van der Waals surface area contributed by atoms with Gasteiger partial charge in [0, 0.05) is 19.0 Å². The highest BCUT2D eigenvalue weighted by molar-refractivity contribution is 7.98. The first-order chi connectivity index (χ1) is 9.45. The Morgan fingerprint density at radius 2 is 1.50 bits per heavy atom. The average Bonchev–Trinajstić information content (AvgIpc) is 2.48. The van der Waals surface area contributed by atoms with Crippen molar-refractivity contribution in [2.24, 2.45) is 5.92 Å². The maximum absolute atomic E-state index is 12.1. The van der Waals surface area contributed by atoms with Crippen LogP contribution in [0, 0.1) is 5.92 Å². The summed E-state index contributed by atoms with van der Waals surface area (Å²) >= 11 is 1.63. The number of barbiturate groups is 1. The Labute approximate surface area is 121 Å². The van der Waals surface area contributed by atoms with Crippen LogP contribution in [0.15, 0.2) is 29.2 Å². The van der Waals surface area contributed by atoms with E-state index in [0.717, 1.165) is 20.3 Å². The van der Waals surface area contributed by atoms with Gasteiger partial charge in [0.1, 0.15) is 5.92 Å². The van der Waals surface area contributed by atoms with Crippen molar-refractivity contribution in [2.45, 2.75) is 11.3 Å². The van der Waals surface area contributed by atoms with Crippen LogP contribution in [0.3, 0.4) is 0 Å². The number of imide groups is 2. The molecule has 1 aliphatic heterocycles. The van der Waals surface area contributed by atoms with E-state index in [0.29, 0.717) is 6.42 Å². The van der Waals surface area contributed by atoms with E-state index >= 15 is 0 Å². The van der Waals surface area contributed by atoms with Crippen LogP contribution in [0.2, 0.25) is 0 Å². The largest absolute Gasteiger partial charge is 0.332 e. The first-order valence-electron chi connectivity index (χ1n) is 6.17. The highest BCUT2D eigenvalue weighted by Crippen LogP contribution is 2.21. The zero-order valence-corrected chi connectivity index (χ0v) is 12.4. The van der Waals surface area contributed by atoms with E-state index in [4.69, 9.17) is 0 Å². The molecule has 6 heteroatoms. The third-order valence-electron chi connectivity index (χ3n) is 3.43. The van der Waals surface area contributed by atoms with Gasteiger partial charge in [-0.15, -0.1) is 11.8 Å². The fourth-order valence-corrected chi connectivity index (χ4v) is 2.57. The fraction of sp³-hybridized carbons (Fsp3) is 0.357. The number of carbonyl (C=O) groups excluding carboxylic acids is 3. The fourth-order valence-electron chi connectivity index (χ4n) is 2.16. The Morgan fingerprint density at radius 3 is 1.95 bits per heavy atom. The monoisotopic (exact) mass is 292 g/mol. The van der Waals surface area contributed by atoms with Crippen LogP contribution in [0.4, 0.5) is 4.79 Å². The smallest absolute Gasteiger partial charge is 0.273 e. The maximum atomic E-state index is 12.1. The summed E-state index contributed by atoms with van der Waals surface area (Å²) in [6, 6.07) is 7.15. The maximum Gasteiger partial charge on any atom is 0.332 e. The molecule has 1 fully saturated rings. The van der Waals surface area contributed by atoms with Crippen LogP contribution in [-0.2, 0) is 16.0 Å². The Morgan fingerprint density at radius 1 is 1.00 bits per heavy atom. The summed E-state index contributed by atoms with van der Waals surface area (Å²) < 4.78 is 0. The van der Waals surface area contributed by atoms with E-state index < -0.39 is 23.8 Å². The molecule has 0 N–H and O–H groups in total. The van der Waals surface area contributed by atoms with Crippen molar-refractivity contribution >= 4 is 29.6 Å². The molecule has 0 aliphatic carbocycles. The number of carbonyl (C=O) groups is 3. The van der Waals surface area contributed by atoms with Crippen LogP contribution in [0.1, 0.15) is 5.56 Å². The lowest BCUT2D eigenvalue weighted by Gasteiger charge is -2.32. The van der Waals surface area contributed by atoms with E-state index in [1.807, 2.05) is 30.5 Å². The molecule has 1 aromatic rings. The predicted octanol–water partition coefficient (Wildman–Crippen LogP) is 1.62. The normalized spacial score (nSPS) is 17.1. The number of benzene rings is 1. The zero-order chi connectivity index (χ0) is 14.9. The number of thioether (sulfide) groups is 1. The van der Waals surface area contributed by atoms with Gasteiger partial charge in [-0.3, -0.25) is 19.4 Å². The Kier molecular flexibility index (Phi) is 4.13. The predicted molar refractivity (Wildman–Crippen MR) is 76.4 cm³/mol. The van der Waals surface area contributed by atoms with Crippen molar-refractivity contribution < 1.29 is 14.4 Å². The molecule has 0 spiro atoms. The quantitative estimate of drug-likeness (QED) is 0.627. The molecule has 1 aliphatic rings. The summed E-state index contributed by atoms with van der Waals surface area (Å²) in [7, 11) is 2.80. The molecule has 0 bridgehead atoms. The summed E-state index contributed by atoms with van der Waals surface area (Å²) in [5.41, 5.74) is 0.908. The van der Waals surface area contributed by atoms with Crippen LogP contribution >= 0.6 is 11.8 Å². The molecule has 4 amide bonds. The summed E-state index contributed by atoms with van der Waals surface area (Å²) in [5.74, 6) is -1.69. The lowest BCUT2D eigenvalue weighted by molar-refractivity contribution is -0.147. The summed E-state index contributed by atoms with van der Waals surface area (Å²) in [6.07, 6.45) is 2.30. The topological polar surface area (TPSA) is 57.7 Å². The third kappa shape index (κ3) is 2.56. The van der Waals surface area contributed by atoms with Gasteiger partial charge in [0.05, 0.1) is 0 Å². The summed E-state index contributed by atoms with van der Waals surface area (Å²) in [6.45, 7) is 0. The molecular weight excluding hydrogens is 276 g/mol. The molecule has 1 saturated heterocycles. The second-order valence-corrected chi connectivity index (χ2v) is 5.56. The van der Waals surface area contributed by atoms with Crippen molar-refractivity contribution in [1.82, 2.24) is 9.80 Å². The molecule has 20 heavy (non-hydrogen) atoms. The molecule has 2 rings (SSSR count). The zero-order valence-electron chi connectivity index (χ0n) is 11.6. The van der Waals surface area contributed by atoms with Gasteiger partial charge in [-0.25, -0.2) is 4.79 Å². The van der Waals surface area contributed by atoms with E-state index in [2.05, 4.69) is 0 Å². The van der Waals surface area contributed by atoms with Crippen molar-refractivity contribution in [3.63, 3.8) is 0 Å². The van der Waals surface area contributed by atoms with Crippen molar-refractivity contribution in [2.75, 3.05) is 20.4 Å². The second kappa shape index (κ2) is 5.66. The molecule has 0 radical (unpaired) electrons. The number of urea groups is 1. The van der Waals surface area contributed by atoms with Gasteiger partial charge in [0.2, 0.25) is 11.8 Å². The molecular formula is C14H16N2O3S. The number of nitrogens with zero attached hydrogens (tertiary/aromatic N) is 2. The first-order valence-corrected chi connectivity index (χ1v) is 7.40. The van der Waals surface area contributed by atoms with Crippen LogP contribution < -0.4 is 0 Å². The van der Waals surface area contributed by atoms with E-state index in [-0.39, 0.29) is 0 Å². The van der Waals surface area contributed by atoms with Crippen molar-refractivity contribution in [3.05, 3.63) is 29.8 Å². The van der Waals surface area contributed by atoms with Gasteiger partial charge in [0.15, 0.2) is 0 Å². The van der Waals surface area contributed by atoms with Crippen LogP contribution in [0.25, 0.3) is 0 Å². The van der Waals surface area contributed by atoms with Gasteiger partial charge in [-0.2, -0.15) is 0 Å². The standard InChI is InChI=1S/C14H16N2O3S/c1-15-12(17)11(13(18)16(2)14(15)19)8-9-4-6-10(20-3)7-5-9/h4-7,11H,8H2,1-3H3. The van der Waals surface area contributed by atoms with Crippen LogP contribution in [0.5, 0.6) is 0 Å². The minimum atomic E-state index is -0.817. The van der Waals surface area contributed by atoms with Gasteiger partial charge in [-0.05, 0) is 30.4 Å².